The highest BCUT2D eigenvalue weighted by Gasteiger charge is 2.30. The van der Waals surface area contributed by atoms with E-state index in [2.05, 4.69) is 11.4 Å². The molecule has 3 aromatic rings. The van der Waals surface area contributed by atoms with Crippen molar-refractivity contribution in [1.29, 1.82) is 0 Å². The Morgan fingerprint density at radius 1 is 1.29 bits per heavy atom. The first-order valence-electron chi connectivity index (χ1n) is 11.5. The molecule has 2 aromatic heterocycles. The van der Waals surface area contributed by atoms with E-state index in [-0.39, 0.29) is 23.6 Å². The number of amides is 1. The van der Waals surface area contributed by atoms with Crippen molar-refractivity contribution in [3.8, 4) is 16.2 Å². The van der Waals surface area contributed by atoms with Crippen molar-refractivity contribution in [2.24, 2.45) is 5.73 Å². The first kappa shape index (κ1) is 22.6. The van der Waals surface area contributed by atoms with Crippen molar-refractivity contribution in [3.63, 3.8) is 0 Å². The van der Waals surface area contributed by atoms with E-state index >= 15 is 0 Å². The second-order valence-corrected chi connectivity index (χ2v) is 10.2. The first-order valence-corrected chi connectivity index (χ1v) is 12.3. The van der Waals surface area contributed by atoms with Crippen molar-refractivity contribution < 1.29 is 19.4 Å². The van der Waals surface area contributed by atoms with Crippen LogP contribution in [0.2, 0.25) is 0 Å². The number of thiophene rings is 1. The van der Waals surface area contributed by atoms with Crippen LogP contribution in [0.1, 0.15) is 65.5 Å². The molecule has 9 heteroatoms. The number of pyridine rings is 1. The fraction of sp³-hybridized carbons (Fsp3) is 0.400. The Hall–Kier alpha value is -3.17. The zero-order chi connectivity index (χ0) is 24.1. The predicted octanol–water partition coefficient (Wildman–Crippen LogP) is 3.61. The van der Waals surface area contributed by atoms with Gasteiger partial charge in [0.1, 0.15) is 5.56 Å². The molecule has 178 valence electrons. The monoisotopic (exact) mass is 481 g/mol. The average Bonchev–Trinajstić information content (AvgIpc) is 3.56. The lowest BCUT2D eigenvalue weighted by atomic mass is 9.93. The Morgan fingerprint density at radius 3 is 2.71 bits per heavy atom. The SMILES string of the molecule is COc1c(-c2cc3c(s2)CCCC3NC(=O)[C@@H](C)N)ccc2c(=O)c(C(=O)O)cn(C3CC3)c12. The maximum atomic E-state index is 12.9. The molecule has 2 heterocycles. The molecule has 1 unspecified atom stereocenters. The average molecular weight is 482 g/mol. The van der Waals surface area contributed by atoms with Crippen LogP contribution in [0.3, 0.4) is 0 Å². The molecule has 2 aliphatic carbocycles. The number of carboxylic acids is 1. The van der Waals surface area contributed by atoms with Crippen molar-refractivity contribution in [2.45, 2.75) is 57.2 Å². The quantitative estimate of drug-likeness (QED) is 0.494. The number of carbonyl (C=O) groups is 2. The molecule has 1 saturated carbocycles. The van der Waals surface area contributed by atoms with Crippen molar-refractivity contribution in [3.05, 3.63) is 50.6 Å². The first-order chi connectivity index (χ1) is 16.3. The number of rotatable bonds is 6. The number of aromatic carboxylic acids is 1. The zero-order valence-electron chi connectivity index (χ0n) is 19.1. The van der Waals surface area contributed by atoms with Gasteiger partial charge in [-0.2, -0.15) is 0 Å². The number of hydrogen-bond donors (Lipinski definition) is 3. The van der Waals surface area contributed by atoms with Crippen LogP contribution in [0.4, 0.5) is 0 Å². The molecule has 1 fully saturated rings. The smallest absolute Gasteiger partial charge is 0.341 e. The number of carbonyl (C=O) groups excluding carboxylic acids is 1. The molecule has 0 bridgehead atoms. The van der Waals surface area contributed by atoms with E-state index in [1.807, 2.05) is 10.6 Å². The number of carboxylic acid groups (broad SMARTS) is 1. The molecule has 0 spiro atoms. The molecule has 2 aliphatic rings. The number of nitrogens with two attached hydrogens (primary N) is 1. The Labute approximate surface area is 200 Å². The van der Waals surface area contributed by atoms with Crippen LogP contribution in [0.15, 0.2) is 29.2 Å². The topological polar surface area (TPSA) is 124 Å². The van der Waals surface area contributed by atoms with Crippen molar-refractivity contribution >= 4 is 34.1 Å². The number of fused-ring (bicyclic) bond motifs is 2. The fourth-order valence-electron chi connectivity index (χ4n) is 4.75. The molecule has 0 aliphatic heterocycles. The highest BCUT2D eigenvalue weighted by Crippen LogP contribution is 2.46. The molecule has 1 amide bonds. The minimum absolute atomic E-state index is 0.0820. The number of hydrogen-bond acceptors (Lipinski definition) is 6. The summed E-state index contributed by atoms with van der Waals surface area (Å²) >= 11 is 1.66. The minimum Gasteiger partial charge on any atom is -0.494 e. The van der Waals surface area contributed by atoms with Gasteiger partial charge in [0.05, 0.1) is 30.1 Å². The standard InChI is InChI=1S/C25H27N3O5S/c1-12(26)24(30)27-18-4-3-5-19-16(18)10-20(34-19)14-8-9-15-21(23(14)33-2)28(13-6-7-13)11-17(22(15)29)25(31)32/h8-13,18H,3-7,26H2,1-2H3,(H,27,30)(H,31,32)/t12-,18?/m1/s1. The number of nitrogens with one attached hydrogen (secondary N) is 1. The number of aromatic nitrogens is 1. The highest BCUT2D eigenvalue weighted by molar-refractivity contribution is 7.15. The van der Waals surface area contributed by atoms with Crippen LogP contribution in [0, 0.1) is 0 Å². The van der Waals surface area contributed by atoms with Gasteiger partial charge in [0, 0.05) is 27.6 Å². The summed E-state index contributed by atoms with van der Waals surface area (Å²) in [5.41, 5.74) is 7.60. The van der Waals surface area contributed by atoms with Crippen molar-refractivity contribution in [2.75, 3.05) is 7.11 Å². The van der Waals surface area contributed by atoms with Gasteiger partial charge in [0.25, 0.3) is 0 Å². The number of ether oxygens (including phenoxy) is 1. The van der Waals surface area contributed by atoms with E-state index in [1.165, 1.54) is 11.1 Å². The minimum atomic E-state index is -1.23. The number of nitrogens with zero attached hydrogens (tertiary/aromatic N) is 1. The van der Waals surface area contributed by atoms with Crippen LogP contribution in [-0.2, 0) is 11.2 Å². The third-order valence-electron chi connectivity index (χ3n) is 6.63. The van der Waals surface area contributed by atoms with Crippen molar-refractivity contribution in [1.82, 2.24) is 9.88 Å². The lowest BCUT2D eigenvalue weighted by Crippen LogP contribution is -2.40. The third-order valence-corrected chi connectivity index (χ3v) is 7.88. The van der Waals surface area contributed by atoms with Gasteiger partial charge in [-0.1, -0.05) is 0 Å². The molecule has 1 aromatic carbocycles. The third kappa shape index (κ3) is 3.78. The molecule has 34 heavy (non-hydrogen) atoms. The van der Waals surface area contributed by atoms with Gasteiger partial charge in [0.15, 0.2) is 5.75 Å². The summed E-state index contributed by atoms with van der Waals surface area (Å²) in [5.74, 6) is -0.833. The molecule has 8 nitrogen and oxygen atoms in total. The van der Waals surface area contributed by atoms with Gasteiger partial charge in [-0.05, 0) is 62.8 Å². The Bertz CT molecular complexity index is 1370. The van der Waals surface area contributed by atoms with E-state index in [4.69, 9.17) is 10.5 Å². The normalized spacial score (nSPS) is 18.4. The number of benzene rings is 1. The lowest BCUT2D eigenvalue weighted by molar-refractivity contribution is -0.122. The van der Waals surface area contributed by atoms with Crippen LogP contribution >= 0.6 is 11.3 Å². The van der Waals surface area contributed by atoms with E-state index < -0.39 is 17.4 Å². The highest BCUT2D eigenvalue weighted by atomic mass is 32.1. The Morgan fingerprint density at radius 2 is 2.06 bits per heavy atom. The summed E-state index contributed by atoms with van der Waals surface area (Å²) in [6.45, 7) is 1.67. The molecule has 0 saturated heterocycles. The maximum absolute atomic E-state index is 12.9. The summed E-state index contributed by atoms with van der Waals surface area (Å²) in [6, 6.07) is 5.13. The molecular formula is C25H27N3O5S. The van der Waals surface area contributed by atoms with E-state index in [1.54, 1.807) is 31.4 Å². The summed E-state index contributed by atoms with van der Waals surface area (Å²) in [4.78, 5) is 39.1. The zero-order valence-corrected chi connectivity index (χ0v) is 19.9. The van der Waals surface area contributed by atoms with Crippen LogP contribution in [-0.4, -0.2) is 34.7 Å². The summed E-state index contributed by atoms with van der Waals surface area (Å²) < 4.78 is 7.75. The van der Waals surface area contributed by atoms with Crippen LogP contribution in [0.5, 0.6) is 5.75 Å². The second-order valence-electron chi connectivity index (χ2n) is 9.09. The van der Waals surface area contributed by atoms with E-state index in [0.29, 0.717) is 16.7 Å². The number of methoxy groups -OCH3 is 1. The van der Waals surface area contributed by atoms with Gasteiger partial charge in [-0.15, -0.1) is 11.3 Å². The largest absolute Gasteiger partial charge is 0.494 e. The Balaban J connectivity index is 1.66. The van der Waals surface area contributed by atoms with Gasteiger partial charge in [0.2, 0.25) is 11.3 Å². The molecule has 5 rings (SSSR count). The maximum Gasteiger partial charge on any atom is 0.341 e. The summed E-state index contributed by atoms with van der Waals surface area (Å²) in [5, 5.41) is 13.0. The molecule has 4 N–H and O–H groups in total. The molecular weight excluding hydrogens is 454 g/mol. The van der Waals surface area contributed by atoms with Gasteiger partial charge < -0.3 is 25.5 Å². The van der Waals surface area contributed by atoms with Crippen LogP contribution < -0.4 is 21.2 Å². The predicted molar refractivity (Wildman–Crippen MR) is 131 cm³/mol. The van der Waals surface area contributed by atoms with E-state index in [0.717, 1.165) is 48.1 Å². The second kappa shape index (κ2) is 8.56. The Kier molecular flexibility index (Phi) is 5.69. The van der Waals surface area contributed by atoms with Gasteiger partial charge >= 0.3 is 5.97 Å². The molecule has 0 radical (unpaired) electrons. The summed E-state index contributed by atoms with van der Waals surface area (Å²) in [6.07, 6.45) is 6.09. The van der Waals surface area contributed by atoms with Gasteiger partial charge in [-0.3, -0.25) is 9.59 Å². The molecule has 2 atom stereocenters. The lowest BCUT2D eigenvalue weighted by Gasteiger charge is -2.24. The van der Waals surface area contributed by atoms with E-state index in [9.17, 15) is 19.5 Å². The van der Waals surface area contributed by atoms with Crippen LogP contribution in [0.25, 0.3) is 21.3 Å². The number of aryl methyl sites for hydroxylation is 1. The van der Waals surface area contributed by atoms with Gasteiger partial charge in [-0.25, -0.2) is 4.79 Å². The fourth-order valence-corrected chi connectivity index (χ4v) is 6.04. The summed E-state index contributed by atoms with van der Waals surface area (Å²) in [7, 11) is 1.57.